The molecule has 16 heavy (non-hydrogen) atoms. The van der Waals surface area contributed by atoms with Crippen LogP contribution in [0.15, 0.2) is 0 Å². The molecule has 0 aliphatic carbocycles. The standard InChI is InChI=1S/C6H8O7.Ca.Mn.O/c7-3(8)1-6(13,5(11)12)2-4(9)10;;;/h13H,1-2H2,(H,7,8)(H,9,10)(H,11,12);;;/q;2*+2;-2/p-2. The van der Waals surface area contributed by atoms with Gasteiger partial charge in [-0.15, -0.1) is 0 Å². The number of carbonyl (C=O) groups is 3. The van der Waals surface area contributed by atoms with Crippen LogP contribution in [0.3, 0.4) is 0 Å². The molecule has 0 aromatic heterocycles. The number of carboxylic acid groups (broad SMARTS) is 3. The zero-order valence-corrected chi connectivity index (χ0v) is 11.2. The molecule has 10 heteroatoms. The first-order valence-electron chi connectivity index (χ1n) is 3.13. The van der Waals surface area contributed by atoms with Gasteiger partial charge in [0.2, 0.25) is 0 Å². The summed E-state index contributed by atoms with van der Waals surface area (Å²) in [6, 6.07) is 0. The van der Waals surface area contributed by atoms with Crippen LogP contribution in [0, 0.1) is 0 Å². The predicted molar refractivity (Wildman–Crippen MR) is 38.3 cm³/mol. The van der Waals surface area contributed by atoms with Gasteiger partial charge in [-0.25, -0.2) is 4.79 Å². The summed E-state index contributed by atoms with van der Waals surface area (Å²) in [5.74, 6) is -5.65. The van der Waals surface area contributed by atoms with Crippen LogP contribution < -0.4 is 10.2 Å². The number of carbonyl (C=O) groups excluding carboxylic acids is 2. The largest absolute Gasteiger partial charge is 2.00 e. The van der Waals surface area contributed by atoms with Crippen molar-refractivity contribution in [2.75, 3.05) is 0 Å². The van der Waals surface area contributed by atoms with E-state index in [0.717, 1.165) is 0 Å². The van der Waals surface area contributed by atoms with E-state index in [2.05, 4.69) is 0 Å². The molecule has 0 aromatic rings. The van der Waals surface area contributed by atoms with Gasteiger partial charge in [-0.2, -0.15) is 0 Å². The van der Waals surface area contributed by atoms with Gasteiger partial charge in [0.05, 0.1) is 0 Å². The van der Waals surface area contributed by atoms with Gasteiger partial charge in [0.1, 0.15) is 0 Å². The van der Waals surface area contributed by atoms with Crippen molar-refractivity contribution in [3.05, 3.63) is 0 Å². The molecule has 0 unspecified atom stereocenters. The van der Waals surface area contributed by atoms with Crippen LogP contribution in [0.1, 0.15) is 12.8 Å². The molecule has 87 valence electrons. The van der Waals surface area contributed by atoms with Crippen molar-refractivity contribution in [1.82, 2.24) is 0 Å². The first-order valence-corrected chi connectivity index (χ1v) is 3.13. The van der Waals surface area contributed by atoms with Gasteiger partial charge in [0.15, 0.2) is 5.60 Å². The molecule has 0 fully saturated rings. The molecule has 0 rings (SSSR count). The number of carboxylic acids is 3. The average Bonchev–Trinajstić information content (AvgIpc) is 1.82. The third kappa shape index (κ3) is 9.34. The molecule has 8 nitrogen and oxygen atoms in total. The molecule has 0 atom stereocenters. The Balaban J connectivity index is -0.000000240. The zero-order valence-electron chi connectivity index (χ0n) is 7.84. The molecular weight excluding hydrogens is 295 g/mol. The van der Waals surface area contributed by atoms with Crippen LogP contribution >= 0.6 is 0 Å². The fraction of sp³-hybridized carbons (Fsp3) is 0.500. The normalized spacial score (nSPS) is 8.81. The summed E-state index contributed by atoms with van der Waals surface area (Å²) < 4.78 is 0. The smallest absolute Gasteiger partial charge is 2.00 e. The summed E-state index contributed by atoms with van der Waals surface area (Å²) in [5.41, 5.74) is -2.86. The summed E-state index contributed by atoms with van der Waals surface area (Å²) in [6.07, 6.45) is -2.59. The average molecular weight is 301 g/mol. The summed E-state index contributed by atoms with van der Waals surface area (Å²) in [6.45, 7) is 0. The maximum Gasteiger partial charge on any atom is 2.00 e. The minimum atomic E-state index is -2.86. The Hall–Kier alpha value is 0.109. The number of aliphatic hydroxyl groups is 1. The van der Waals surface area contributed by atoms with Crippen molar-refractivity contribution in [2.24, 2.45) is 0 Å². The summed E-state index contributed by atoms with van der Waals surface area (Å²) >= 11 is 0. The quantitative estimate of drug-likeness (QED) is 0.483. The molecular formula is C6H6CaMnO8. The SMILES string of the molecule is O=C([O-])CC(O)(CC(=O)[O-])C(=O)O.[Ca+2].[Mn+2].[O-2]. The van der Waals surface area contributed by atoms with Crippen molar-refractivity contribution in [3.63, 3.8) is 0 Å². The van der Waals surface area contributed by atoms with Crippen LogP contribution in [-0.2, 0) is 36.9 Å². The van der Waals surface area contributed by atoms with Crippen LogP contribution in [0.5, 0.6) is 0 Å². The molecule has 0 saturated heterocycles. The van der Waals surface area contributed by atoms with Crippen LogP contribution in [0.25, 0.3) is 0 Å². The fourth-order valence-corrected chi connectivity index (χ4v) is 0.691. The van der Waals surface area contributed by atoms with Crippen LogP contribution in [-0.4, -0.2) is 71.5 Å². The zero-order chi connectivity index (χ0) is 10.6. The first kappa shape index (κ1) is 25.1. The van der Waals surface area contributed by atoms with E-state index in [4.69, 9.17) is 10.2 Å². The van der Waals surface area contributed by atoms with E-state index >= 15 is 0 Å². The summed E-state index contributed by atoms with van der Waals surface area (Å²) in [4.78, 5) is 30.2. The molecule has 0 aromatic carbocycles. The Morgan fingerprint density at radius 1 is 1.06 bits per heavy atom. The predicted octanol–water partition coefficient (Wildman–Crippen LogP) is -4.42. The molecule has 0 aliphatic heterocycles. The molecule has 0 spiro atoms. The van der Waals surface area contributed by atoms with Gasteiger partial charge in [-0.3, -0.25) is 0 Å². The first-order chi connectivity index (χ1) is 5.78. The number of rotatable bonds is 5. The summed E-state index contributed by atoms with van der Waals surface area (Å²) in [5, 5.41) is 37.2. The van der Waals surface area contributed by atoms with Crippen LogP contribution in [0.4, 0.5) is 0 Å². The molecule has 0 heterocycles. The Kier molecular flexibility index (Phi) is 16.1. The molecule has 0 aliphatic rings. The minimum absolute atomic E-state index is 0. The summed E-state index contributed by atoms with van der Waals surface area (Å²) in [7, 11) is 0. The Labute approximate surface area is 130 Å². The van der Waals surface area contributed by atoms with Gasteiger partial charge in [-0.1, -0.05) is 0 Å². The fourth-order valence-electron chi connectivity index (χ4n) is 0.691. The van der Waals surface area contributed by atoms with Crippen molar-refractivity contribution in [2.45, 2.75) is 18.4 Å². The van der Waals surface area contributed by atoms with Crippen LogP contribution in [0.2, 0.25) is 0 Å². The Morgan fingerprint density at radius 2 is 1.31 bits per heavy atom. The number of hydrogen-bond acceptors (Lipinski definition) is 6. The van der Waals surface area contributed by atoms with E-state index < -0.39 is 36.4 Å². The van der Waals surface area contributed by atoms with E-state index in [1.165, 1.54) is 0 Å². The van der Waals surface area contributed by atoms with Crippen molar-refractivity contribution >= 4 is 55.6 Å². The second-order valence-electron chi connectivity index (χ2n) is 2.43. The maximum absolute atomic E-state index is 10.3. The van der Waals surface area contributed by atoms with E-state index in [-0.39, 0.29) is 60.3 Å². The van der Waals surface area contributed by atoms with Gasteiger partial charge < -0.3 is 35.5 Å². The van der Waals surface area contributed by atoms with E-state index in [1.807, 2.05) is 0 Å². The van der Waals surface area contributed by atoms with Crippen molar-refractivity contribution in [3.8, 4) is 0 Å². The number of hydrogen-bond donors (Lipinski definition) is 2. The Bertz CT molecular complexity index is 239. The molecule has 0 saturated carbocycles. The van der Waals surface area contributed by atoms with E-state index in [0.29, 0.717) is 0 Å². The molecule has 1 radical (unpaired) electrons. The second kappa shape index (κ2) is 10.3. The van der Waals surface area contributed by atoms with Gasteiger partial charge >= 0.3 is 60.8 Å². The Morgan fingerprint density at radius 3 is 1.44 bits per heavy atom. The van der Waals surface area contributed by atoms with Gasteiger partial charge in [0, 0.05) is 24.8 Å². The maximum atomic E-state index is 10.3. The van der Waals surface area contributed by atoms with Crippen molar-refractivity contribution < 1.29 is 57.4 Å². The minimum Gasteiger partial charge on any atom is -2.00 e. The third-order valence-corrected chi connectivity index (χ3v) is 1.27. The monoisotopic (exact) mass is 301 g/mol. The molecule has 0 bridgehead atoms. The van der Waals surface area contributed by atoms with E-state index in [1.54, 1.807) is 0 Å². The number of aliphatic carboxylic acids is 3. The molecule has 0 amide bonds. The second-order valence-corrected chi connectivity index (χ2v) is 2.43. The third-order valence-electron chi connectivity index (χ3n) is 1.27. The molecule has 2 N–H and O–H groups in total. The topological polar surface area (TPSA) is 166 Å². The van der Waals surface area contributed by atoms with Gasteiger partial charge in [-0.05, 0) is 0 Å². The van der Waals surface area contributed by atoms with Crippen molar-refractivity contribution in [1.29, 1.82) is 0 Å². The van der Waals surface area contributed by atoms with E-state index in [9.17, 15) is 24.6 Å². The van der Waals surface area contributed by atoms with Gasteiger partial charge in [0.25, 0.3) is 0 Å².